The van der Waals surface area contributed by atoms with E-state index in [1.165, 1.54) is 18.9 Å². The second-order valence-electron chi connectivity index (χ2n) is 9.16. The lowest BCUT2D eigenvalue weighted by Gasteiger charge is -2.23. The number of alkyl halides is 3. The molecule has 1 aliphatic carbocycles. The fourth-order valence-corrected chi connectivity index (χ4v) is 4.78. The van der Waals surface area contributed by atoms with Gasteiger partial charge in [-0.3, -0.25) is 9.69 Å². The zero-order valence-corrected chi connectivity index (χ0v) is 20.9. The molecule has 0 unspecified atom stereocenters. The summed E-state index contributed by atoms with van der Waals surface area (Å²) in [6.07, 6.45) is -0.904. The monoisotopic (exact) mass is 571 g/mol. The number of hydrogen-bond donors (Lipinski definition) is 1. The molecule has 0 atom stereocenters. The summed E-state index contributed by atoms with van der Waals surface area (Å²) < 4.78 is 42.6. The van der Waals surface area contributed by atoms with E-state index in [2.05, 4.69) is 37.7 Å². The van der Waals surface area contributed by atoms with Crippen LogP contribution in [0.4, 0.5) is 18.9 Å². The van der Waals surface area contributed by atoms with Crippen molar-refractivity contribution >= 4 is 34.2 Å². The van der Waals surface area contributed by atoms with E-state index in [-0.39, 0.29) is 17.8 Å². The molecule has 0 aromatic heterocycles. The van der Waals surface area contributed by atoms with Crippen molar-refractivity contribution < 1.29 is 18.0 Å². The van der Waals surface area contributed by atoms with E-state index in [1.807, 2.05) is 13.0 Å². The summed E-state index contributed by atoms with van der Waals surface area (Å²) >= 11 is 2.14. The molecule has 33 heavy (non-hydrogen) atoms. The maximum absolute atomic E-state index is 13.9. The van der Waals surface area contributed by atoms with Gasteiger partial charge < -0.3 is 10.2 Å². The molecular formula is C25H29F3IN3O. The Hall–Kier alpha value is -1.65. The number of rotatable bonds is 6. The number of carbonyl (C=O) groups excluding carboxylic acids is 1. The van der Waals surface area contributed by atoms with Gasteiger partial charge in [0.1, 0.15) is 0 Å². The van der Waals surface area contributed by atoms with Crippen LogP contribution in [-0.2, 0) is 12.7 Å². The topological polar surface area (TPSA) is 35.6 Å². The fraction of sp³-hybridized carbons (Fsp3) is 0.480. The van der Waals surface area contributed by atoms with Crippen molar-refractivity contribution in [1.29, 1.82) is 0 Å². The number of carbonyl (C=O) groups is 1. The van der Waals surface area contributed by atoms with Crippen LogP contribution in [0.3, 0.4) is 0 Å². The summed E-state index contributed by atoms with van der Waals surface area (Å²) in [6, 6.07) is 9.37. The van der Waals surface area contributed by atoms with Gasteiger partial charge in [-0.15, -0.1) is 0 Å². The number of nitrogens with zero attached hydrogens (tertiary/aromatic N) is 2. The molecule has 1 amide bonds. The average Bonchev–Trinajstić information content (AvgIpc) is 3.59. The van der Waals surface area contributed by atoms with Gasteiger partial charge in [0.2, 0.25) is 0 Å². The highest BCUT2D eigenvalue weighted by atomic mass is 127. The minimum Gasteiger partial charge on any atom is -0.322 e. The van der Waals surface area contributed by atoms with Gasteiger partial charge >= 0.3 is 6.18 Å². The Morgan fingerprint density at radius 2 is 1.79 bits per heavy atom. The molecule has 1 aliphatic heterocycles. The van der Waals surface area contributed by atoms with Gasteiger partial charge in [0.05, 0.1) is 5.56 Å². The van der Waals surface area contributed by atoms with Crippen LogP contribution in [0.2, 0.25) is 0 Å². The number of hydrogen-bond acceptors (Lipinski definition) is 3. The smallest absolute Gasteiger partial charge is 0.322 e. The lowest BCUT2D eigenvalue weighted by Crippen LogP contribution is -2.32. The Labute approximate surface area is 206 Å². The van der Waals surface area contributed by atoms with Crippen LogP contribution in [0.25, 0.3) is 0 Å². The van der Waals surface area contributed by atoms with Crippen LogP contribution in [0.1, 0.15) is 46.3 Å². The van der Waals surface area contributed by atoms with Crippen LogP contribution < -0.4 is 5.32 Å². The standard InChI is InChI=1S/C25H29F3IN3O/c1-17-3-6-19(13-23(17)29)24(33)30-21-8-7-20(22(14-21)25(26,27)28)16-32-10-2-9-31(11-12-32)15-18-4-5-18/h3,6-8,13-14,18H,2,4-5,9-12,15-16H2,1H3,(H,30,33). The highest BCUT2D eigenvalue weighted by Crippen LogP contribution is 2.35. The molecular weight excluding hydrogens is 542 g/mol. The highest BCUT2D eigenvalue weighted by Gasteiger charge is 2.34. The normalized spacial score (nSPS) is 18.2. The minimum absolute atomic E-state index is 0.151. The number of benzene rings is 2. The summed E-state index contributed by atoms with van der Waals surface area (Å²) in [5.41, 5.74) is 1.18. The first kappa shape index (κ1) is 24.5. The second kappa shape index (κ2) is 10.3. The Morgan fingerprint density at radius 3 is 2.48 bits per heavy atom. The number of nitrogens with one attached hydrogen (secondary N) is 1. The molecule has 178 valence electrons. The SMILES string of the molecule is Cc1ccc(C(=O)Nc2ccc(CN3CCCN(CC4CC4)CC3)c(C(F)(F)F)c2)cc1I. The first-order valence-electron chi connectivity index (χ1n) is 11.4. The number of aryl methyl sites for hydroxylation is 1. The van der Waals surface area contributed by atoms with Crippen molar-refractivity contribution in [2.45, 2.75) is 38.9 Å². The van der Waals surface area contributed by atoms with E-state index in [0.29, 0.717) is 5.56 Å². The van der Waals surface area contributed by atoms with Gasteiger partial charge in [0.15, 0.2) is 0 Å². The quantitative estimate of drug-likeness (QED) is 0.447. The Balaban J connectivity index is 1.46. The van der Waals surface area contributed by atoms with Crippen molar-refractivity contribution in [1.82, 2.24) is 9.80 Å². The molecule has 1 saturated heterocycles. The van der Waals surface area contributed by atoms with E-state index in [1.54, 1.807) is 18.2 Å². The Bertz CT molecular complexity index is 1010. The summed E-state index contributed by atoms with van der Waals surface area (Å²) in [5.74, 6) is 0.400. The molecule has 2 aromatic rings. The lowest BCUT2D eigenvalue weighted by atomic mass is 10.0. The Kier molecular flexibility index (Phi) is 7.65. The zero-order chi connectivity index (χ0) is 23.6. The third-order valence-electron chi connectivity index (χ3n) is 6.40. The predicted molar refractivity (Wildman–Crippen MR) is 132 cm³/mol. The van der Waals surface area contributed by atoms with E-state index >= 15 is 0 Å². The van der Waals surface area contributed by atoms with Crippen LogP contribution in [-0.4, -0.2) is 48.4 Å². The van der Waals surface area contributed by atoms with Crippen LogP contribution >= 0.6 is 22.6 Å². The molecule has 0 bridgehead atoms. The van der Waals surface area contributed by atoms with E-state index < -0.39 is 17.6 Å². The molecule has 0 radical (unpaired) electrons. The van der Waals surface area contributed by atoms with Crippen LogP contribution in [0.15, 0.2) is 36.4 Å². The van der Waals surface area contributed by atoms with E-state index in [9.17, 15) is 18.0 Å². The molecule has 2 aromatic carbocycles. The van der Waals surface area contributed by atoms with Gasteiger partial charge in [-0.2, -0.15) is 13.2 Å². The minimum atomic E-state index is -4.49. The van der Waals surface area contributed by atoms with Gasteiger partial charge in [-0.25, -0.2) is 0 Å². The maximum Gasteiger partial charge on any atom is 0.416 e. The van der Waals surface area contributed by atoms with Crippen LogP contribution in [0.5, 0.6) is 0 Å². The molecule has 1 N–H and O–H groups in total. The van der Waals surface area contributed by atoms with Gasteiger partial charge in [0, 0.05) is 41.0 Å². The number of anilines is 1. The van der Waals surface area contributed by atoms with Crippen LogP contribution in [0, 0.1) is 16.4 Å². The summed E-state index contributed by atoms with van der Waals surface area (Å²) in [7, 11) is 0. The average molecular weight is 571 g/mol. The predicted octanol–water partition coefficient (Wildman–Crippen LogP) is 5.79. The molecule has 1 saturated carbocycles. The van der Waals surface area contributed by atoms with E-state index in [4.69, 9.17) is 0 Å². The highest BCUT2D eigenvalue weighted by molar-refractivity contribution is 14.1. The lowest BCUT2D eigenvalue weighted by molar-refractivity contribution is -0.138. The summed E-state index contributed by atoms with van der Waals surface area (Å²) in [5, 5.41) is 2.63. The van der Waals surface area contributed by atoms with Crippen molar-refractivity contribution in [3.05, 3.63) is 62.2 Å². The third-order valence-corrected chi connectivity index (χ3v) is 7.56. The fourth-order valence-electron chi connectivity index (χ4n) is 4.26. The van der Waals surface area contributed by atoms with Gasteiger partial charge in [-0.05, 0) is 103 Å². The molecule has 4 rings (SSSR count). The van der Waals surface area contributed by atoms with Gasteiger partial charge in [0.25, 0.3) is 5.91 Å². The summed E-state index contributed by atoms with van der Waals surface area (Å²) in [4.78, 5) is 17.1. The van der Waals surface area contributed by atoms with Crippen molar-refractivity contribution in [2.75, 3.05) is 38.0 Å². The third kappa shape index (κ3) is 6.70. The zero-order valence-electron chi connectivity index (χ0n) is 18.7. The molecule has 0 spiro atoms. The first-order valence-corrected chi connectivity index (χ1v) is 12.5. The maximum atomic E-state index is 13.9. The summed E-state index contributed by atoms with van der Waals surface area (Å²) in [6.45, 7) is 6.81. The van der Waals surface area contributed by atoms with Crippen molar-refractivity contribution in [3.63, 3.8) is 0 Å². The molecule has 8 heteroatoms. The van der Waals surface area contributed by atoms with Gasteiger partial charge in [-0.1, -0.05) is 12.1 Å². The number of halogens is 4. The molecule has 2 aliphatic rings. The first-order chi connectivity index (χ1) is 15.7. The second-order valence-corrected chi connectivity index (χ2v) is 10.3. The number of amides is 1. The molecule has 4 nitrogen and oxygen atoms in total. The van der Waals surface area contributed by atoms with Crippen molar-refractivity contribution in [3.8, 4) is 0 Å². The molecule has 2 fully saturated rings. The van der Waals surface area contributed by atoms with Crippen molar-refractivity contribution in [2.24, 2.45) is 5.92 Å². The molecule has 1 heterocycles. The van der Waals surface area contributed by atoms with E-state index in [0.717, 1.165) is 60.3 Å². The Morgan fingerprint density at radius 1 is 1.06 bits per heavy atom. The largest absolute Gasteiger partial charge is 0.416 e.